The van der Waals surface area contributed by atoms with E-state index in [-0.39, 0.29) is 24.1 Å². The van der Waals surface area contributed by atoms with Crippen LogP contribution < -0.4 is 5.32 Å². The average molecular weight is 425 g/mol. The van der Waals surface area contributed by atoms with Gasteiger partial charge in [-0.2, -0.15) is 0 Å². The third-order valence-corrected chi connectivity index (χ3v) is 4.53. The molecular weight excluding hydrogens is 396 g/mol. The van der Waals surface area contributed by atoms with Crippen molar-refractivity contribution in [3.05, 3.63) is 47.6 Å². The monoisotopic (exact) mass is 424 g/mol. The Kier molecular flexibility index (Phi) is 8.80. The first-order valence-electron chi connectivity index (χ1n) is 9.93. The molecule has 1 aliphatic heterocycles. The Labute approximate surface area is 182 Å². The van der Waals surface area contributed by atoms with Crippen LogP contribution in [0.4, 0.5) is 5.82 Å². The number of hydrogen-bond donors (Lipinski definition) is 1. The molecule has 9 heteroatoms. The molecule has 2 rings (SSSR count). The maximum absolute atomic E-state index is 12.6. The number of allylic oxidation sites excluding steroid dienone is 5. The summed E-state index contributed by atoms with van der Waals surface area (Å²) in [6, 6.07) is 0. The van der Waals surface area contributed by atoms with Crippen molar-refractivity contribution in [3.8, 4) is 0 Å². The maximum atomic E-state index is 12.6. The lowest BCUT2D eigenvalue weighted by Crippen LogP contribution is -2.42. The van der Waals surface area contributed by atoms with E-state index in [1.54, 1.807) is 38.5 Å². The minimum atomic E-state index is -0.349. The fourth-order valence-electron chi connectivity index (χ4n) is 3.08. The maximum Gasteiger partial charge on any atom is 0.270 e. The summed E-state index contributed by atoms with van der Waals surface area (Å²) in [7, 11) is 4.90. The molecule has 1 aromatic rings. The van der Waals surface area contributed by atoms with Crippen LogP contribution in [-0.4, -0.2) is 78.3 Å². The highest BCUT2D eigenvalue weighted by atomic mass is 16.2. The summed E-state index contributed by atoms with van der Waals surface area (Å²) in [6.45, 7) is 2.36. The molecule has 1 aromatic heterocycles. The summed E-state index contributed by atoms with van der Waals surface area (Å²) >= 11 is 0. The summed E-state index contributed by atoms with van der Waals surface area (Å²) < 4.78 is 0. The number of rotatable bonds is 8. The van der Waals surface area contributed by atoms with Gasteiger partial charge in [0.25, 0.3) is 5.91 Å². The zero-order chi connectivity index (χ0) is 22.8. The van der Waals surface area contributed by atoms with E-state index < -0.39 is 0 Å². The van der Waals surface area contributed by atoms with Crippen LogP contribution in [0.2, 0.25) is 0 Å². The van der Waals surface area contributed by atoms with E-state index in [1.165, 1.54) is 11.1 Å². The van der Waals surface area contributed by atoms with E-state index in [1.807, 2.05) is 25.2 Å². The lowest BCUT2D eigenvalue weighted by Gasteiger charge is -2.32. The fraction of sp³-hybridized carbons (Fsp3) is 0.364. The minimum absolute atomic E-state index is 0.0649. The second-order valence-corrected chi connectivity index (χ2v) is 7.09. The van der Waals surface area contributed by atoms with Crippen LogP contribution in [-0.2, 0) is 14.4 Å². The molecule has 0 aliphatic carbocycles. The van der Waals surface area contributed by atoms with Gasteiger partial charge in [-0.3, -0.25) is 24.4 Å². The van der Waals surface area contributed by atoms with E-state index in [9.17, 15) is 14.4 Å². The number of carbonyl (C=O) groups is 3. The van der Waals surface area contributed by atoms with Gasteiger partial charge in [0.1, 0.15) is 12.0 Å². The predicted octanol–water partition coefficient (Wildman–Crippen LogP) is 1.71. The summed E-state index contributed by atoms with van der Waals surface area (Å²) in [5.41, 5.74) is 2.10. The first kappa shape index (κ1) is 23.7. The number of amides is 2. The van der Waals surface area contributed by atoms with Gasteiger partial charge in [-0.05, 0) is 19.8 Å². The average Bonchev–Trinajstić information content (AvgIpc) is 2.76. The van der Waals surface area contributed by atoms with Crippen molar-refractivity contribution in [2.75, 3.05) is 39.5 Å². The topological polar surface area (TPSA) is 108 Å². The molecule has 0 fully saturated rings. The molecular formula is C22H28N6O3. The SMILES string of the molecule is C/C=C/C=C(\C=N/C)c1cnc(NC(=O)CN2CCCC(C=O)=C2C(=O)N(C)C)cn1. The molecule has 0 aromatic carbocycles. The largest absolute Gasteiger partial charge is 0.357 e. The van der Waals surface area contributed by atoms with Crippen LogP contribution in [0.5, 0.6) is 0 Å². The lowest BCUT2D eigenvalue weighted by molar-refractivity contribution is -0.127. The summed E-state index contributed by atoms with van der Waals surface area (Å²) in [5.74, 6) is -0.348. The van der Waals surface area contributed by atoms with E-state index in [0.717, 1.165) is 5.57 Å². The van der Waals surface area contributed by atoms with Crippen LogP contribution in [0.3, 0.4) is 0 Å². The first-order valence-corrected chi connectivity index (χ1v) is 9.93. The smallest absolute Gasteiger partial charge is 0.270 e. The summed E-state index contributed by atoms with van der Waals surface area (Å²) in [6.07, 6.45) is 12.3. The van der Waals surface area contributed by atoms with Crippen molar-refractivity contribution in [2.24, 2.45) is 4.99 Å². The molecule has 2 heterocycles. The third-order valence-electron chi connectivity index (χ3n) is 4.53. The molecule has 0 saturated heterocycles. The summed E-state index contributed by atoms with van der Waals surface area (Å²) in [4.78, 5) is 52.2. The van der Waals surface area contributed by atoms with Gasteiger partial charge < -0.3 is 15.1 Å². The third kappa shape index (κ3) is 6.43. The summed E-state index contributed by atoms with van der Waals surface area (Å²) in [5, 5.41) is 2.69. The van der Waals surface area contributed by atoms with E-state index >= 15 is 0 Å². The Morgan fingerprint density at radius 2 is 2.06 bits per heavy atom. The number of anilines is 1. The van der Waals surface area contributed by atoms with E-state index in [0.29, 0.717) is 42.8 Å². The Balaban J connectivity index is 2.13. The minimum Gasteiger partial charge on any atom is -0.357 e. The van der Waals surface area contributed by atoms with Gasteiger partial charge in [0.2, 0.25) is 5.91 Å². The number of aldehydes is 1. The molecule has 1 aliphatic rings. The van der Waals surface area contributed by atoms with Crippen molar-refractivity contribution >= 4 is 35.7 Å². The van der Waals surface area contributed by atoms with Crippen LogP contribution in [0, 0.1) is 0 Å². The molecule has 0 atom stereocenters. The Morgan fingerprint density at radius 1 is 1.29 bits per heavy atom. The van der Waals surface area contributed by atoms with Crippen molar-refractivity contribution < 1.29 is 14.4 Å². The van der Waals surface area contributed by atoms with Gasteiger partial charge in [-0.1, -0.05) is 18.2 Å². The van der Waals surface area contributed by atoms with E-state index in [2.05, 4.69) is 20.3 Å². The fourth-order valence-corrected chi connectivity index (χ4v) is 3.08. The molecule has 0 bridgehead atoms. The van der Waals surface area contributed by atoms with Gasteiger partial charge in [0, 0.05) is 45.0 Å². The second-order valence-electron chi connectivity index (χ2n) is 7.09. The van der Waals surface area contributed by atoms with Gasteiger partial charge in [-0.25, -0.2) is 4.98 Å². The van der Waals surface area contributed by atoms with Crippen molar-refractivity contribution in [1.29, 1.82) is 0 Å². The number of aliphatic imine (C=N–C) groups is 1. The highest BCUT2D eigenvalue weighted by molar-refractivity contribution is 6.09. The van der Waals surface area contributed by atoms with Gasteiger partial charge in [0.05, 0.1) is 24.6 Å². The van der Waals surface area contributed by atoms with Gasteiger partial charge in [-0.15, -0.1) is 0 Å². The molecule has 0 radical (unpaired) electrons. The van der Waals surface area contributed by atoms with Crippen molar-refractivity contribution in [1.82, 2.24) is 19.8 Å². The Bertz CT molecular complexity index is 929. The zero-order valence-electron chi connectivity index (χ0n) is 18.3. The van der Waals surface area contributed by atoms with Crippen LogP contribution in [0.25, 0.3) is 5.57 Å². The normalized spacial score (nSPS) is 15.0. The number of likely N-dealkylation sites (N-methyl/N-ethyl adjacent to an activating group) is 1. The standard InChI is InChI=1S/C22H28N6O3/c1-5-6-8-16(11-23-2)18-12-25-19(13-24-18)26-20(30)14-28-10-7-9-17(15-29)21(28)22(31)27(3)4/h5-6,8,11-13,15H,7,9-10,14H2,1-4H3,(H,25,26,30)/b6-5+,16-8+,23-11-. The number of hydrogen-bond acceptors (Lipinski definition) is 7. The van der Waals surface area contributed by atoms with E-state index in [4.69, 9.17) is 0 Å². The van der Waals surface area contributed by atoms with Crippen molar-refractivity contribution in [2.45, 2.75) is 19.8 Å². The quantitative estimate of drug-likeness (QED) is 0.387. The molecule has 0 unspecified atom stereocenters. The molecule has 0 spiro atoms. The number of aromatic nitrogens is 2. The van der Waals surface area contributed by atoms with Crippen LogP contribution >= 0.6 is 0 Å². The zero-order valence-corrected chi connectivity index (χ0v) is 18.3. The van der Waals surface area contributed by atoms with Gasteiger partial charge >= 0.3 is 0 Å². The Morgan fingerprint density at radius 3 is 2.65 bits per heavy atom. The molecule has 1 N–H and O–H groups in total. The number of carbonyl (C=O) groups excluding carboxylic acids is 3. The molecule has 2 amide bonds. The Hall–Kier alpha value is -3.62. The lowest BCUT2D eigenvalue weighted by atomic mass is 10.0. The molecule has 31 heavy (non-hydrogen) atoms. The van der Waals surface area contributed by atoms with Crippen molar-refractivity contribution in [3.63, 3.8) is 0 Å². The molecule has 9 nitrogen and oxygen atoms in total. The predicted molar refractivity (Wildman–Crippen MR) is 120 cm³/mol. The highest BCUT2D eigenvalue weighted by Crippen LogP contribution is 2.22. The van der Waals surface area contributed by atoms with Gasteiger partial charge in [0.15, 0.2) is 5.82 Å². The van der Waals surface area contributed by atoms with Crippen LogP contribution in [0.15, 0.2) is 46.9 Å². The number of nitrogens with zero attached hydrogens (tertiary/aromatic N) is 5. The number of nitrogens with one attached hydrogen (secondary N) is 1. The molecule has 164 valence electrons. The highest BCUT2D eigenvalue weighted by Gasteiger charge is 2.28. The first-order chi connectivity index (χ1) is 14.9. The molecule has 0 saturated carbocycles. The second kappa shape index (κ2) is 11.5. The van der Waals surface area contributed by atoms with Crippen LogP contribution in [0.1, 0.15) is 25.5 Å².